The van der Waals surface area contributed by atoms with Gasteiger partial charge in [-0.25, -0.2) is 19.1 Å². The minimum absolute atomic E-state index is 0.782. The molecule has 3 aromatic heterocycles. The highest BCUT2D eigenvalue weighted by Gasteiger charge is 2.23. The zero-order chi connectivity index (χ0) is 15.3. The molecule has 1 aliphatic rings. The molecule has 0 aliphatic heterocycles. The highest BCUT2D eigenvalue weighted by atomic mass is 15.3. The Bertz CT molecular complexity index is 857. The van der Waals surface area contributed by atoms with Crippen molar-refractivity contribution in [3.05, 3.63) is 35.6 Å². The highest BCUT2D eigenvalue weighted by molar-refractivity contribution is 5.66. The predicted molar refractivity (Wildman–Crippen MR) is 82.4 cm³/mol. The van der Waals surface area contributed by atoms with E-state index in [-0.39, 0.29) is 0 Å². The van der Waals surface area contributed by atoms with Crippen LogP contribution in [-0.2, 0) is 26.6 Å². The lowest BCUT2D eigenvalue weighted by molar-refractivity contribution is -0.654. The van der Waals surface area contributed by atoms with E-state index in [0.29, 0.717) is 0 Å². The van der Waals surface area contributed by atoms with Crippen LogP contribution in [0.2, 0.25) is 0 Å². The first kappa shape index (κ1) is 13.4. The first-order valence-electron chi connectivity index (χ1n) is 7.86. The van der Waals surface area contributed by atoms with Crippen LogP contribution < -0.4 is 4.57 Å². The molecule has 1 aliphatic carbocycles. The molecule has 0 atom stereocenters. The molecule has 0 aromatic carbocycles. The summed E-state index contributed by atoms with van der Waals surface area (Å²) in [5, 5.41) is 0. The largest absolute Gasteiger partial charge is 0.305 e. The molecule has 0 N–H and O–H groups in total. The third-order valence-corrected chi connectivity index (χ3v) is 4.86. The molecular weight excluding hydrogens is 276 g/mol. The van der Waals surface area contributed by atoms with Gasteiger partial charge in [0.05, 0.1) is 18.9 Å². The first-order chi connectivity index (χ1) is 10.7. The van der Waals surface area contributed by atoms with Crippen molar-refractivity contribution in [2.45, 2.75) is 46.2 Å². The van der Waals surface area contributed by atoms with Crippen LogP contribution in [-0.4, -0.2) is 24.1 Å². The molecule has 0 saturated carbocycles. The van der Waals surface area contributed by atoms with E-state index in [1.165, 1.54) is 30.1 Å². The van der Waals surface area contributed by atoms with Gasteiger partial charge in [0.1, 0.15) is 12.5 Å². The predicted octanol–water partition coefficient (Wildman–Crippen LogP) is 1.45. The van der Waals surface area contributed by atoms with Crippen LogP contribution >= 0.6 is 0 Å². The van der Waals surface area contributed by atoms with E-state index < -0.39 is 0 Å². The number of hydrogen-bond donors (Lipinski definition) is 0. The fraction of sp³-hybridized carbons (Fsp3) is 0.500. The number of aromatic nitrogens is 6. The molecule has 3 aromatic rings. The Labute approximate surface area is 129 Å². The maximum absolute atomic E-state index is 4.78. The van der Waals surface area contributed by atoms with Gasteiger partial charge < -0.3 is 4.57 Å². The van der Waals surface area contributed by atoms with Crippen molar-refractivity contribution in [3.63, 3.8) is 0 Å². The summed E-state index contributed by atoms with van der Waals surface area (Å²) in [6, 6.07) is 0. The van der Waals surface area contributed by atoms with E-state index in [4.69, 9.17) is 4.98 Å². The van der Waals surface area contributed by atoms with E-state index >= 15 is 0 Å². The van der Waals surface area contributed by atoms with Gasteiger partial charge in [0.15, 0.2) is 11.8 Å². The molecule has 0 unspecified atom stereocenters. The smallest absolute Gasteiger partial charge is 0.301 e. The number of hydrogen-bond acceptors (Lipinski definition) is 3. The lowest BCUT2D eigenvalue weighted by atomic mass is 10.0. The maximum atomic E-state index is 4.78. The number of imidazole rings is 2. The third kappa shape index (κ3) is 1.86. The second-order valence-corrected chi connectivity index (χ2v) is 6.09. The molecule has 0 saturated heterocycles. The van der Waals surface area contributed by atoms with Crippen molar-refractivity contribution in [2.24, 2.45) is 7.05 Å². The lowest BCUT2D eigenvalue weighted by Gasteiger charge is -2.14. The second-order valence-electron chi connectivity index (χ2n) is 6.09. The minimum Gasteiger partial charge on any atom is -0.301 e. The van der Waals surface area contributed by atoms with Gasteiger partial charge in [0, 0.05) is 12.6 Å². The molecule has 114 valence electrons. The summed E-state index contributed by atoms with van der Waals surface area (Å²) in [7, 11) is 2.05. The topological polar surface area (TPSA) is 52.4 Å². The van der Waals surface area contributed by atoms with Gasteiger partial charge in [-0.1, -0.05) is 4.98 Å². The minimum atomic E-state index is 0.782. The van der Waals surface area contributed by atoms with Crippen LogP contribution in [0.5, 0.6) is 0 Å². The van der Waals surface area contributed by atoms with Crippen LogP contribution in [0.15, 0.2) is 12.5 Å². The van der Waals surface area contributed by atoms with Crippen molar-refractivity contribution in [1.82, 2.24) is 24.1 Å². The van der Waals surface area contributed by atoms with Crippen molar-refractivity contribution in [1.29, 1.82) is 0 Å². The summed E-state index contributed by atoms with van der Waals surface area (Å²) < 4.78 is 6.75. The molecule has 22 heavy (non-hydrogen) atoms. The molecule has 6 nitrogen and oxygen atoms in total. The maximum Gasteiger partial charge on any atom is 0.305 e. The SMILES string of the molecule is Cc1nc2c(n1Cn1c(C)[n+](C)c3ncncc31)CCCC2. The summed E-state index contributed by atoms with van der Waals surface area (Å²) in [6.07, 6.45) is 8.28. The van der Waals surface area contributed by atoms with Crippen LogP contribution in [0.1, 0.15) is 35.9 Å². The van der Waals surface area contributed by atoms with Crippen molar-refractivity contribution < 1.29 is 4.57 Å². The van der Waals surface area contributed by atoms with Crippen molar-refractivity contribution >= 4 is 11.2 Å². The second kappa shape index (κ2) is 4.90. The van der Waals surface area contributed by atoms with E-state index in [2.05, 4.69) is 44.6 Å². The molecule has 0 radical (unpaired) electrons. The Hall–Kier alpha value is -2.24. The number of aryl methyl sites for hydroxylation is 3. The quantitative estimate of drug-likeness (QED) is 0.673. The molecule has 0 spiro atoms. The number of rotatable bonds is 2. The Balaban J connectivity index is 1.85. The van der Waals surface area contributed by atoms with E-state index in [1.54, 1.807) is 6.33 Å². The zero-order valence-corrected chi connectivity index (χ0v) is 13.4. The van der Waals surface area contributed by atoms with Crippen LogP contribution in [0.25, 0.3) is 11.2 Å². The molecule has 0 amide bonds. The van der Waals surface area contributed by atoms with Crippen LogP contribution in [0.3, 0.4) is 0 Å². The molecule has 4 rings (SSSR count). The fourth-order valence-electron chi connectivity index (χ4n) is 3.52. The van der Waals surface area contributed by atoms with Gasteiger partial charge in [0.25, 0.3) is 0 Å². The Morgan fingerprint density at radius 3 is 2.86 bits per heavy atom. The molecule has 3 heterocycles. The number of nitrogens with zero attached hydrogens (tertiary/aromatic N) is 6. The molecular formula is C16H21N6+. The van der Waals surface area contributed by atoms with Gasteiger partial charge in [-0.3, -0.25) is 0 Å². The number of fused-ring (bicyclic) bond motifs is 2. The van der Waals surface area contributed by atoms with Gasteiger partial charge in [-0.15, -0.1) is 0 Å². The molecule has 0 fully saturated rings. The van der Waals surface area contributed by atoms with E-state index in [0.717, 1.165) is 36.5 Å². The van der Waals surface area contributed by atoms with Gasteiger partial charge >= 0.3 is 5.65 Å². The van der Waals surface area contributed by atoms with E-state index in [1.807, 2.05) is 6.20 Å². The summed E-state index contributed by atoms with van der Waals surface area (Å²) in [5.74, 6) is 2.28. The van der Waals surface area contributed by atoms with Crippen LogP contribution in [0, 0.1) is 13.8 Å². The first-order valence-corrected chi connectivity index (χ1v) is 7.86. The van der Waals surface area contributed by atoms with E-state index in [9.17, 15) is 0 Å². The monoisotopic (exact) mass is 297 g/mol. The van der Waals surface area contributed by atoms with Gasteiger partial charge in [-0.05, 0) is 32.6 Å². The van der Waals surface area contributed by atoms with Crippen LogP contribution in [0.4, 0.5) is 0 Å². The summed E-state index contributed by atoms with van der Waals surface area (Å²) in [5.41, 5.74) is 4.74. The van der Waals surface area contributed by atoms with Gasteiger partial charge in [0.2, 0.25) is 5.82 Å². The normalized spacial score (nSPS) is 14.5. The Kier molecular flexibility index (Phi) is 2.99. The zero-order valence-electron chi connectivity index (χ0n) is 13.4. The fourth-order valence-corrected chi connectivity index (χ4v) is 3.52. The molecule has 0 bridgehead atoms. The standard InChI is InChI=1S/C16H21N6/c1-11-19-13-6-4-5-7-14(13)21(11)10-22-12(2)20(3)16-15(22)8-17-9-18-16/h8-9H,4-7,10H2,1-3H3/q+1. The Morgan fingerprint density at radius 2 is 2.00 bits per heavy atom. The average molecular weight is 297 g/mol. The summed E-state index contributed by atoms with van der Waals surface area (Å²) in [4.78, 5) is 13.4. The van der Waals surface area contributed by atoms with Crippen molar-refractivity contribution in [2.75, 3.05) is 0 Å². The summed E-state index contributed by atoms with van der Waals surface area (Å²) in [6.45, 7) is 5.01. The third-order valence-electron chi connectivity index (χ3n) is 4.86. The van der Waals surface area contributed by atoms with Crippen molar-refractivity contribution in [3.8, 4) is 0 Å². The Morgan fingerprint density at radius 1 is 1.18 bits per heavy atom. The molecule has 6 heteroatoms. The average Bonchev–Trinajstić information content (AvgIpc) is 2.98. The summed E-state index contributed by atoms with van der Waals surface area (Å²) >= 11 is 0. The lowest BCUT2D eigenvalue weighted by Crippen LogP contribution is -2.32. The highest BCUT2D eigenvalue weighted by Crippen LogP contribution is 2.23. The van der Waals surface area contributed by atoms with Gasteiger partial charge in [-0.2, -0.15) is 0 Å².